The molecule has 1 fully saturated rings. The van der Waals surface area contributed by atoms with Crippen LogP contribution in [0.2, 0.25) is 0 Å². The Balaban J connectivity index is 2.08. The van der Waals surface area contributed by atoms with Gasteiger partial charge in [-0.25, -0.2) is 0 Å². The average Bonchev–Trinajstić information content (AvgIpc) is 2.41. The van der Waals surface area contributed by atoms with Crippen molar-refractivity contribution in [2.45, 2.75) is 19.1 Å². The number of rotatable bonds is 4. The minimum atomic E-state index is 0.0607. The van der Waals surface area contributed by atoms with Gasteiger partial charge < -0.3 is 4.74 Å². The highest BCUT2D eigenvalue weighted by atomic mass is 16.5. The molecule has 1 aliphatic rings. The van der Waals surface area contributed by atoms with Crippen molar-refractivity contribution >= 4 is 0 Å². The lowest BCUT2D eigenvalue weighted by molar-refractivity contribution is -0.0456. The predicted octanol–water partition coefficient (Wildman–Crippen LogP) is 0.912. The van der Waals surface area contributed by atoms with Gasteiger partial charge in [0, 0.05) is 13.1 Å². The van der Waals surface area contributed by atoms with Gasteiger partial charge in [0.1, 0.15) is 0 Å². The van der Waals surface area contributed by atoms with Crippen LogP contribution in [-0.4, -0.2) is 37.2 Å². The molecule has 4 nitrogen and oxygen atoms in total. The second kappa shape index (κ2) is 6.12. The first kappa shape index (κ1) is 12.5. The van der Waals surface area contributed by atoms with Crippen LogP contribution in [0.3, 0.4) is 0 Å². The van der Waals surface area contributed by atoms with E-state index in [2.05, 4.69) is 29.4 Å². The van der Waals surface area contributed by atoms with Gasteiger partial charge in [-0.2, -0.15) is 0 Å². The van der Waals surface area contributed by atoms with Gasteiger partial charge in [-0.05, 0) is 12.1 Å². The molecule has 2 atom stereocenters. The van der Waals surface area contributed by atoms with E-state index in [9.17, 15) is 0 Å². The number of nitrogens with zero attached hydrogens (tertiary/aromatic N) is 1. The van der Waals surface area contributed by atoms with Gasteiger partial charge >= 0.3 is 0 Å². The fourth-order valence-electron chi connectivity index (χ4n) is 2.30. The number of benzene rings is 1. The molecule has 2 unspecified atom stereocenters. The van der Waals surface area contributed by atoms with Crippen molar-refractivity contribution < 1.29 is 4.74 Å². The zero-order chi connectivity index (χ0) is 12.1. The van der Waals surface area contributed by atoms with E-state index in [0.29, 0.717) is 0 Å². The van der Waals surface area contributed by atoms with Gasteiger partial charge in [0.25, 0.3) is 0 Å². The first-order chi connectivity index (χ1) is 8.35. The summed E-state index contributed by atoms with van der Waals surface area (Å²) in [4.78, 5) is 2.39. The van der Waals surface area contributed by atoms with Crippen molar-refractivity contribution in [1.82, 2.24) is 10.3 Å². The Labute approximate surface area is 103 Å². The van der Waals surface area contributed by atoms with Crippen molar-refractivity contribution in [2.24, 2.45) is 5.84 Å². The number of nitrogens with two attached hydrogens (primary N) is 1. The van der Waals surface area contributed by atoms with Crippen molar-refractivity contribution in [3.8, 4) is 0 Å². The minimum absolute atomic E-state index is 0.0607. The number of ether oxygens (including phenoxy) is 1. The summed E-state index contributed by atoms with van der Waals surface area (Å²) in [5.74, 6) is 5.67. The number of hydrogen-bond acceptors (Lipinski definition) is 4. The third-order valence-corrected chi connectivity index (χ3v) is 3.33. The Hall–Kier alpha value is -0.940. The summed E-state index contributed by atoms with van der Waals surface area (Å²) < 4.78 is 5.83. The van der Waals surface area contributed by atoms with E-state index in [1.54, 1.807) is 0 Å². The SMILES string of the molecule is CCN1CCOC(C(NN)c2ccccc2)C1. The van der Waals surface area contributed by atoms with Crippen LogP contribution in [0.15, 0.2) is 30.3 Å². The molecule has 4 heteroatoms. The van der Waals surface area contributed by atoms with Gasteiger partial charge in [0.15, 0.2) is 0 Å². The molecular formula is C13H21N3O. The molecule has 94 valence electrons. The van der Waals surface area contributed by atoms with Crippen LogP contribution in [0.5, 0.6) is 0 Å². The van der Waals surface area contributed by atoms with Crippen LogP contribution in [0.25, 0.3) is 0 Å². The molecule has 1 aliphatic heterocycles. The maximum atomic E-state index is 5.83. The lowest BCUT2D eigenvalue weighted by Crippen LogP contribution is -2.49. The van der Waals surface area contributed by atoms with Gasteiger partial charge in [0.05, 0.1) is 18.8 Å². The zero-order valence-electron chi connectivity index (χ0n) is 10.3. The molecule has 1 aromatic rings. The molecule has 0 aromatic heterocycles. The van der Waals surface area contributed by atoms with Crippen LogP contribution in [0, 0.1) is 0 Å². The van der Waals surface area contributed by atoms with Crippen LogP contribution < -0.4 is 11.3 Å². The Morgan fingerprint density at radius 1 is 1.47 bits per heavy atom. The van der Waals surface area contributed by atoms with Crippen molar-refractivity contribution in [1.29, 1.82) is 0 Å². The number of nitrogens with one attached hydrogen (secondary N) is 1. The van der Waals surface area contributed by atoms with Gasteiger partial charge in [-0.15, -0.1) is 0 Å². The smallest absolute Gasteiger partial charge is 0.0909 e. The van der Waals surface area contributed by atoms with E-state index in [0.717, 1.165) is 26.2 Å². The highest BCUT2D eigenvalue weighted by Crippen LogP contribution is 2.21. The maximum absolute atomic E-state index is 5.83. The minimum Gasteiger partial charge on any atom is -0.374 e. The fraction of sp³-hybridized carbons (Fsp3) is 0.538. The molecule has 1 heterocycles. The third-order valence-electron chi connectivity index (χ3n) is 3.33. The van der Waals surface area contributed by atoms with Gasteiger partial charge in [-0.1, -0.05) is 37.3 Å². The predicted molar refractivity (Wildman–Crippen MR) is 68.4 cm³/mol. The molecule has 0 radical (unpaired) electrons. The highest BCUT2D eigenvalue weighted by molar-refractivity contribution is 5.20. The number of hydrogen-bond donors (Lipinski definition) is 2. The van der Waals surface area contributed by atoms with Crippen molar-refractivity contribution in [3.63, 3.8) is 0 Å². The standard InChI is InChI=1S/C13H21N3O/c1-2-16-8-9-17-12(10-16)13(15-14)11-6-4-3-5-7-11/h3-7,12-13,15H,2,8-10,14H2,1H3. The zero-order valence-corrected chi connectivity index (χ0v) is 10.3. The summed E-state index contributed by atoms with van der Waals surface area (Å²) in [6.07, 6.45) is 0.121. The van der Waals surface area contributed by atoms with Crippen molar-refractivity contribution in [3.05, 3.63) is 35.9 Å². The molecule has 0 spiro atoms. The monoisotopic (exact) mass is 235 g/mol. The third kappa shape index (κ3) is 3.04. The molecule has 3 N–H and O–H groups in total. The topological polar surface area (TPSA) is 50.5 Å². The second-order valence-electron chi connectivity index (χ2n) is 4.36. The Kier molecular flexibility index (Phi) is 4.50. The molecule has 1 aromatic carbocycles. The average molecular weight is 235 g/mol. The first-order valence-corrected chi connectivity index (χ1v) is 6.20. The molecule has 2 rings (SSSR count). The van der Waals surface area contributed by atoms with E-state index < -0.39 is 0 Å². The normalized spacial score (nSPS) is 23.5. The number of hydrazine groups is 1. The fourth-order valence-corrected chi connectivity index (χ4v) is 2.30. The quantitative estimate of drug-likeness (QED) is 0.602. The molecule has 0 bridgehead atoms. The maximum Gasteiger partial charge on any atom is 0.0909 e. The molecule has 0 saturated carbocycles. The number of morpholine rings is 1. The summed E-state index contributed by atoms with van der Waals surface area (Å²) in [6, 6.07) is 10.3. The highest BCUT2D eigenvalue weighted by Gasteiger charge is 2.27. The van der Waals surface area contributed by atoms with Gasteiger partial charge in [-0.3, -0.25) is 16.2 Å². The Morgan fingerprint density at radius 3 is 2.88 bits per heavy atom. The summed E-state index contributed by atoms with van der Waals surface area (Å²) in [5.41, 5.74) is 4.06. The molecule has 0 amide bonds. The Bertz CT molecular complexity index is 331. The van der Waals surface area contributed by atoms with Crippen molar-refractivity contribution in [2.75, 3.05) is 26.2 Å². The van der Waals surface area contributed by atoms with Crippen LogP contribution in [0.1, 0.15) is 18.5 Å². The lowest BCUT2D eigenvalue weighted by atomic mass is 10.0. The summed E-state index contributed by atoms with van der Waals surface area (Å²) in [5, 5.41) is 0. The molecular weight excluding hydrogens is 214 g/mol. The van der Waals surface area contributed by atoms with E-state index in [1.165, 1.54) is 5.56 Å². The van der Waals surface area contributed by atoms with E-state index in [4.69, 9.17) is 10.6 Å². The largest absolute Gasteiger partial charge is 0.374 e. The summed E-state index contributed by atoms with van der Waals surface area (Å²) >= 11 is 0. The summed E-state index contributed by atoms with van der Waals surface area (Å²) in [6.45, 7) is 5.96. The van der Waals surface area contributed by atoms with Crippen LogP contribution >= 0.6 is 0 Å². The van der Waals surface area contributed by atoms with E-state index in [1.807, 2.05) is 18.2 Å². The molecule has 0 aliphatic carbocycles. The number of likely N-dealkylation sites (N-methyl/N-ethyl adjacent to an activating group) is 1. The van der Waals surface area contributed by atoms with E-state index >= 15 is 0 Å². The summed E-state index contributed by atoms with van der Waals surface area (Å²) in [7, 11) is 0. The lowest BCUT2D eigenvalue weighted by Gasteiger charge is -2.36. The van der Waals surface area contributed by atoms with E-state index in [-0.39, 0.29) is 12.1 Å². The Morgan fingerprint density at radius 2 is 2.24 bits per heavy atom. The molecule has 1 saturated heterocycles. The van der Waals surface area contributed by atoms with Gasteiger partial charge in [0.2, 0.25) is 0 Å². The second-order valence-corrected chi connectivity index (χ2v) is 4.36. The molecule has 17 heavy (non-hydrogen) atoms. The van der Waals surface area contributed by atoms with Crippen LogP contribution in [-0.2, 0) is 4.74 Å². The first-order valence-electron chi connectivity index (χ1n) is 6.20. The van der Waals surface area contributed by atoms with Crippen LogP contribution in [0.4, 0.5) is 0 Å².